The van der Waals surface area contributed by atoms with Gasteiger partial charge in [-0.3, -0.25) is 4.79 Å². The number of nitrogens with zero attached hydrogens (tertiary/aromatic N) is 1. The van der Waals surface area contributed by atoms with Gasteiger partial charge in [0.05, 0.1) is 0 Å². The van der Waals surface area contributed by atoms with E-state index in [-0.39, 0.29) is 5.54 Å². The van der Waals surface area contributed by atoms with Gasteiger partial charge < -0.3 is 4.90 Å². The molecule has 1 amide bonds. The standard InChI is InChI=1S/C13H23NO/c1-9-7-11(8-10-5-6-10)12(15)14(9)13(2,3)4/h9-11H,5-8H2,1-4H3/t9-,11-/m0/s1. The molecule has 1 aliphatic heterocycles. The molecule has 0 N–H and O–H groups in total. The normalized spacial score (nSPS) is 32.5. The van der Waals surface area contributed by atoms with Crippen molar-refractivity contribution in [3.8, 4) is 0 Å². The highest BCUT2D eigenvalue weighted by Crippen LogP contribution is 2.41. The summed E-state index contributed by atoms with van der Waals surface area (Å²) in [6, 6.07) is 0.432. The van der Waals surface area contributed by atoms with Crippen LogP contribution >= 0.6 is 0 Å². The highest BCUT2D eigenvalue weighted by Gasteiger charge is 2.43. The SMILES string of the molecule is C[C@H]1C[C@@H](CC2CC2)C(=O)N1C(C)(C)C. The molecule has 1 saturated heterocycles. The second kappa shape index (κ2) is 3.50. The van der Waals surface area contributed by atoms with Crippen LogP contribution in [-0.4, -0.2) is 22.4 Å². The van der Waals surface area contributed by atoms with Crippen LogP contribution in [0.25, 0.3) is 0 Å². The van der Waals surface area contributed by atoms with Crippen molar-refractivity contribution < 1.29 is 4.79 Å². The lowest BCUT2D eigenvalue weighted by Gasteiger charge is -2.35. The van der Waals surface area contributed by atoms with Crippen LogP contribution in [0.5, 0.6) is 0 Å². The van der Waals surface area contributed by atoms with E-state index >= 15 is 0 Å². The van der Waals surface area contributed by atoms with Gasteiger partial charge in [-0.1, -0.05) is 12.8 Å². The van der Waals surface area contributed by atoms with Crippen LogP contribution in [0.1, 0.15) is 53.4 Å². The number of hydrogen-bond donors (Lipinski definition) is 0. The Morgan fingerprint density at radius 2 is 1.93 bits per heavy atom. The Labute approximate surface area is 93.0 Å². The highest BCUT2D eigenvalue weighted by molar-refractivity contribution is 5.82. The van der Waals surface area contributed by atoms with Crippen LogP contribution < -0.4 is 0 Å². The molecule has 0 aromatic carbocycles. The molecule has 1 heterocycles. The summed E-state index contributed by atoms with van der Waals surface area (Å²) in [5.74, 6) is 1.60. The molecule has 2 atom stereocenters. The van der Waals surface area contributed by atoms with Crippen molar-refractivity contribution in [2.45, 2.75) is 65.0 Å². The molecular formula is C13H23NO. The molecule has 0 unspecified atom stereocenters. The Bertz CT molecular complexity index is 262. The first-order valence-electron chi connectivity index (χ1n) is 6.23. The zero-order valence-electron chi connectivity index (χ0n) is 10.4. The van der Waals surface area contributed by atoms with Gasteiger partial charge in [-0.15, -0.1) is 0 Å². The van der Waals surface area contributed by atoms with Gasteiger partial charge in [0.25, 0.3) is 0 Å². The maximum Gasteiger partial charge on any atom is 0.226 e. The minimum absolute atomic E-state index is 0.00516. The summed E-state index contributed by atoms with van der Waals surface area (Å²) in [7, 11) is 0. The lowest BCUT2D eigenvalue weighted by Crippen LogP contribution is -2.46. The van der Waals surface area contributed by atoms with Gasteiger partial charge in [0.15, 0.2) is 0 Å². The third-order valence-corrected chi connectivity index (χ3v) is 3.69. The fraction of sp³-hybridized carbons (Fsp3) is 0.923. The van der Waals surface area contributed by atoms with E-state index in [4.69, 9.17) is 0 Å². The Morgan fingerprint density at radius 3 is 2.33 bits per heavy atom. The van der Waals surface area contributed by atoms with Gasteiger partial charge in [-0.25, -0.2) is 0 Å². The van der Waals surface area contributed by atoms with Crippen molar-refractivity contribution in [3.05, 3.63) is 0 Å². The van der Waals surface area contributed by atoms with Crippen molar-refractivity contribution in [2.75, 3.05) is 0 Å². The van der Waals surface area contributed by atoms with Gasteiger partial charge in [-0.05, 0) is 46.5 Å². The summed E-state index contributed by atoms with van der Waals surface area (Å²) in [4.78, 5) is 14.3. The summed E-state index contributed by atoms with van der Waals surface area (Å²) in [5, 5.41) is 0. The van der Waals surface area contributed by atoms with Crippen molar-refractivity contribution in [1.29, 1.82) is 0 Å². The van der Waals surface area contributed by atoms with E-state index in [9.17, 15) is 4.79 Å². The Hall–Kier alpha value is -0.530. The first kappa shape index (κ1) is 11.0. The van der Waals surface area contributed by atoms with Crippen molar-refractivity contribution in [2.24, 2.45) is 11.8 Å². The monoisotopic (exact) mass is 209 g/mol. The van der Waals surface area contributed by atoms with Gasteiger partial charge in [0, 0.05) is 17.5 Å². The average molecular weight is 209 g/mol. The van der Waals surface area contributed by atoms with Crippen LogP contribution in [0.2, 0.25) is 0 Å². The van der Waals surface area contributed by atoms with Crippen LogP contribution in [-0.2, 0) is 4.79 Å². The Kier molecular flexibility index (Phi) is 2.56. The number of amides is 1. The van der Waals surface area contributed by atoms with Crippen LogP contribution in [0.3, 0.4) is 0 Å². The predicted molar refractivity (Wildman–Crippen MR) is 61.5 cm³/mol. The predicted octanol–water partition coefficient (Wildman–Crippen LogP) is 2.82. The lowest BCUT2D eigenvalue weighted by molar-refractivity contribution is -0.136. The molecule has 0 aromatic rings. The maximum atomic E-state index is 12.3. The maximum absolute atomic E-state index is 12.3. The molecule has 2 heteroatoms. The van der Waals surface area contributed by atoms with Crippen molar-refractivity contribution >= 4 is 5.91 Å². The molecule has 0 aromatic heterocycles. The smallest absolute Gasteiger partial charge is 0.226 e. The van der Waals surface area contributed by atoms with Gasteiger partial charge in [0.1, 0.15) is 0 Å². The largest absolute Gasteiger partial charge is 0.335 e. The van der Waals surface area contributed by atoms with Gasteiger partial charge >= 0.3 is 0 Å². The molecule has 2 rings (SSSR count). The van der Waals surface area contributed by atoms with Crippen LogP contribution in [0.4, 0.5) is 0 Å². The molecule has 0 radical (unpaired) electrons. The first-order valence-corrected chi connectivity index (χ1v) is 6.23. The zero-order chi connectivity index (χ0) is 11.2. The molecule has 1 aliphatic carbocycles. The summed E-state index contributed by atoms with van der Waals surface area (Å²) < 4.78 is 0. The summed E-state index contributed by atoms with van der Waals surface area (Å²) in [6.45, 7) is 8.61. The topological polar surface area (TPSA) is 20.3 Å². The van der Waals surface area contributed by atoms with E-state index in [2.05, 4.69) is 32.6 Å². The third-order valence-electron chi connectivity index (χ3n) is 3.69. The van der Waals surface area contributed by atoms with E-state index in [1.165, 1.54) is 12.8 Å². The van der Waals surface area contributed by atoms with Gasteiger partial charge in [-0.2, -0.15) is 0 Å². The quantitative estimate of drug-likeness (QED) is 0.685. The van der Waals surface area contributed by atoms with E-state index < -0.39 is 0 Å². The van der Waals surface area contributed by atoms with Gasteiger partial charge in [0.2, 0.25) is 5.91 Å². The number of carbonyl (C=O) groups excluding carboxylic acids is 1. The number of rotatable bonds is 2. The van der Waals surface area contributed by atoms with E-state index in [1.54, 1.807) is 0 Å². The number of carbonyl (C=O) groups is 1. The van der Waals surface area contributed by atoms with Crippen molar-refractivity contribution in [1.82, 2.24) is 4.90 Å². The van der Waals surface area contributed by atoms with Crippen LogP contribution in [0.15, 0.2) is 0 Å². The molecule has 2 nitrogen and oxygen atoms in total. The minimum atomic E-state index is -0.00516. The van der Waals surface area contributed by atoms with E-state index in [0.717, 1.165) is 18.8 Å². The fourth-order valence-electron chi connectivity index (χ4n) is 2.98. The summed E-state index contributed by atoms with van der Waals surface area (Å²) in [6.07, 6.45) is 4.93. The molecular weight excluding hydrogens is 186 g/mol. The van der Waals surface area contributed by atoms with Crippen molar-refractivity contribution in [3.63, 3.8) is 0 Å². The van der Waals surface area contributed by atoms with Crippen LogP contribution in [0, 0.1) is 11.8 Å². The second-order valence-corrected chi connectivity index (χ2v) is 6.34. The molecule has 1 saturated carbocycles. The Morgan fingerprint density at radius 1 is 1.33 bits per heavy atom. The molecule has 86 valence electrons. The second-order valence-electron chi connectivity index (χ2n) is 6.34. The summed E-state index contributed by atoms with van der Waals surface area (Å²) >= 11 is 0. The lowest BCUT2D eigenvalue weighted by atomic mass is 9.99. The minimum Gasteiger partial charge on any atom is -0.335 e. The fourth-order valence-corrected chi connectivity index (χ4v) is 2.98. The average Bonchev–Trinajstić information content (AvgIpc) is 2.79. The molecule has 2 fully saturated rings. The number of likely N-dealkylation sites (tertiary alicyclic amines) is 1. The van der Waals surface area contributed by atoms with E-state index in [1.807, 2.05) is 0 Å². The molecule has 2 aliphatic rings. The molecule has 0 spiro atoms. The number of hydrogen-bond acceptors (Lipinski definition) is 1. The third kappa shape index (κ3) is 2.19. The molecule has 0 bridgehead atoms. The molecule has 15 heavy (non-hydrogen) atoms. The van der Waals surface area contributed by atoms with E-state index in [0.29, 0.717) is 17.9 Å². The highest BCUT2D eigenvalue weighted by atomic mass is 16.2. The Balaban J connectivity index is 2.04. The summed E-state index contributed by atoms with van der Waals surface area (Å²) in [5.41, 5.74) is -0.00516. The zero-order valence-corrected chi connectivity index (χ0v) is 10.4. The first-order chi connectivity index (χ1) is 6.89.